The summed E-state index contributed by atoms with van der Waals surface area (Å²) in [7, 11) is 0. The number of carbonyl (C=O) groups excluding carboxylic acids is 2. The smallest absolute Gasteiger partial charge is 0.341 e. The van der Waals surface area contributed by atoms with Crippen LogP contribution in [0.5, 0.6) is 0 Å². The fraction of sp³-hybridized carbons (Fsp3) is 0.400. The third-order valence-electron chi connectivity index (χ3n) is 4.41. The molecule has 26 heavy (non-hydrogen) atoms. The van der Waals surface area contributed by atoms with Crippen molar-refractivity contribution >= 4 is 33.9 Å². The Labute approximate surface area is 157 Å². The van der Waals surface area contributed by atoms with E-state index in [1.165, 1.54) is 21.8 Å². The van der Waals surface area contributed by atoms with Crippen LogP contribution in [0.15, 0.2) is 24.3 Å². The van der Waals surface area contributed by atoms with Gasteiger partial charge in [0.2, 0.25) is 5.91 Å². The number of ether oxygens (including phenoxy) is 1. The average Bonchev–Trinajstić information content (AvgIpc) is 2.99. The van der Waals surface area contributed by atoms with Crippen molar-refractivity contribution in [2.75, 3.05) is 23.8 Å². The van der Waals surface area contributed by atoms with Crippen LogP contribution in [0.25, 0.3) is 0 Å². The van der Waals surface area contributed by atoms with E-state index in [0.29, 0.717) is 17.2 Å². The lowest BCUT2D eigenvalue weighted by Crippen LogP contribution is -2.22. The molecule has 1 aliphatic rings. The third kappa shape index (κ3) is 4.25. The normalized spacial score (nSPS) is 13.0. The van der Waals surface area contributed by atoms with Gasteiger partial charge in [-0.15, -0.1) is 11.3 Å². The number of anilines is 2. The first-order valence-electron chi connectivity index (χ1n) is 9.00. The van der Waals surface area contributed by atoms with Gasteiger partial charge in [-0.2, -0.15) is 0 Å². The summed E-state index contributed by atoms with van der Waals surface area (Å²) >= 11 is 1.51. The van der Waals surface area contributed by atoms with Crippen molar-refractivity contribution in [1.82, 2.24) is 0 Å². The molecule has 0 aliphatic heterocycles. The van der Waals surface area contributed by atoms with Gasteiger partial charge in [0, 0.05) is 10.6 Å². The Kier molecular flexibility index (Phi) is 5.93. The van der Waals surface area contributed by atoms with Crippen LogP contribution in [0.2, 0.25) is 0 Å². The third-order valence-corrected chi connectivity index (χ3v) is 5.62. The minimum Gasteiger partial charge on any atom is -0.462 e. The topological polar surface area (TPSA) is 67.4 Å². The van der Waals surface area contributed by atoms with E-state index < -0.39 is 0 Å². The molecule has 6 heteroatoms. The molecule has 138 valence electrons. The SMILES string of the molecule is CCOC(=O)c1c(NC(=O)CNc2ccc(C)cc2)sc2c1CCCC2. The van der Waals surface area contributed by atoms with Crippen molar-refractivity contribution in [3.8, 4) is 0 Å². The quantitative estimate of drug-likeness (QED) is 0.747. The highest BCUT2D eigenvalue weighted by atomic mass is 32.1. The predicted octanol–water partition coefficient (Wildman–Crippen LogP) is 4.16. The van der Waals surface area contributed by atoms with Crippen LogP contribution in [0.3, 0.4) is 0 Å². The molecule has 0 saturated carbocycles. The Morgan fingerprint density at radius 1 is 1.15 bits per heavy atom. The second-order valence-electron chi connectivity index (χ2n) is 6.40. The van der Waals surface area contributed by atoms with Gasteiger partial charge in [-0.05, 0) is 57.2 Å². The Balaban J connectivity index is 1.71. The lowest BCUT2D eigenvalue weighted by molar-refractivity contribution is -0.114. The standard InChI is InChI=1S/C20H24N2O3S/c1-3-25-20(24)18-15-6-4-5-7-16(15)26-19(18)22-17(23)12-21-14-10-8-13(2)9-11-14/h8-11,21H,3-7,12H2,1-2H3,(H,22,23). The highest BCUT2D eigenvalue weighted by Gasteiger charge is 2.27. The molecule has 0 saturated heterocycles. The Bertz CT molecular complexity index is 796. The number of carbonyl (C=O) groups is 2. The predicted molar refractivity (Wildman–Crippen MR) is 105 cm³/mol. The molecule has 0 unspecified atom stereocenters. The number of thiophene rings is 1. The van der Waals surface area contributed by atoms with Crippen LogP contribution < -0.4 is 10.6 Å². The number of benzene rings is 1. The van der Waals surface area contributed by atoms with Gasteiger partial charge in [0.15, 0.2) is 0 Å². The number of aryl methyl sites for hydroxylation is 2. The Hall–Kier alpha value is -2.34. The van der Waals surface area contributed by atoms with Gasteiger partial charge >= 0.3 is 5.97 Å². The largest absolute Gasteiger partial charge is 0.462 e. The molecule has 1 heterocycles. The first kappa shape index (κ1) is 18.5. The van der Waals surface area contributed by atoms with E-state index >= 15 is 0 Å². The molecule has 0 spiro atoms. The lowest BCUT2D eigenvalue weighted by Gasteiger charge is -2.12. The maximum Gasteiger partial charge on any atom is 0.341 e. The number of nitrogens with one attached hydrogen (secondary N) is 2. The molecular weight excluding hydrogens is 348 g/mol. The van der Waals surface area contributed by atoms with Crippen LogP contribution in [0.1, 0.15) is 46.1 Å². The van der Waals surface area contributed by atoms with E-state index in [0.717, 1.165) is 36.9 Å². The summed E-state index contributed by atoms with van der Waals surface area (Å²) in [6, 6.07) is 7.87. The van der Waals surface area contributed by atoms with Crippen LogP contribution >= 0.6 is 11.3 Å². The first-order valence-corrected chi connectivity index (χ1v) is 9.82. The van der Waals surface area contributed by atoms with Gasteiger partial charge in [0.1, 0.15) is 5.00 Å². The van der Waals surface area contributed by atoms with Gasteiger partial charge in [-0.3, -0.25) is 4.79 Å². The van der Waals surface area contributed by atoms with Gasteiger partial charge < -0.3 is 15.4 Å². The number of amides is 1. The molecule has 0 radical (unpaired) electrons. The van der Waals surface area contributed by atoms with Crippen molar-refractivity contribution in [2.24, 2.45) is 0 Å². The van der Waals surface area contributed by atoms with E-state index in [1.807, 2.05) is 31.2 Å². The number of hydrogen-bond donors (Lipinski definition) is 2. The molecule has 0 atom stereocenters. The highest BCUT2D eigenvalue weighted by Crippen LogP contribution is 2.38. The number of esters is 1. The molecule has 0 fully saturated rings. The summed E-state index contributed by atoms with van der Waals surface area (Å²) in [5.41, 5.74) is 3.67. The van der Waals surface area contributed by atoms with Crippen LogP contribution in [0, 0.1) is 6.92 Å². The van der Waals surface area contributed by atoms with E-state index in [-0.39, 0.29) is 18.4 Å². The summed E-state index contributed by atoms with van der Waals surface area (Å²) in [5, 5.41) is 6.63. The summed E-state index contributed by atoms with van der Waals surface area (Å²) in [4.78, 5) is 26.0. The summed E-state index contributed by atoms with van der Waals surface area (Å²) in [6.45, 7) is 4.28. The minimum atomic E-state index is -0.339. The molecule has 1 aromatic carbocycles. The van der Waals surface area contributed by atoms with Gasteiger partial charge in [0.25, 0.3) is 0 Å². The van der Waals surface area contributed by atoms with Crippen molar-refractivity contribution in [2.45, 2.75) is 39.5 Å². The Morgan fingerprint density at radius 3 is 2.62 bits per heavy atom. The minimum absolute atomic E-state index is 0.147. The average molecular weight is 372 g/mol. The molecule has 1 aromatic heterocycles. The zero-order valence-electron chi connectivity index (χ0n) is 15.2. The van der Waals surface area contributed by atoms with E-state index in [1.54, 1.807) is 6.92 Å². The summed E-state index contributed by atoms with van der Waals surface area (Å²) < 4.78 is 5.22. The van der Waals surface area contributed by atoms with Crippen molar-refractivity contribution in [3.63, 3.8) is 0 Å². The fourth-order valence-corrected chi connectivity index (χ4v) is 4.39. The monoisotopic (exact) mass is 372 g/mol. The Morgan fingerprint density at radius 2 is 1.88 bits per heavy atom. The number of fused-ring (bicyclic) bond motifs is 1. The number of hydrogen-bond acceptors (Lipinski definition) is 5. The maximum atomic E-state index is 12.4. The maximum absolute atomic E-state index is 12.4. The van der Waals surface area contributed by atoms with Gasteiger partial charge in [-0.1, -0.05) is 17.7 Å². The first-order chi connectivity index (χ1) is 12.6. The van der Waals surface area contributed by atoms with Crippen molar-refractivity contribution in [1.29, 1.82) is 0 Å². The van der Waals surface area contributed by atoms with Crippen molar-refractivity contribution in [3.05, 3.63) is 45.8 Å². The second kappa shape index (κ2) is 8.36. The van der Waals surface area contributed by atoms with Crippen molar-refractivity contribution < 1.29 is 14.3 Å². The second-order valence-corrected chi connectivity index (χ2v) is 7.51. The van der Waals surface area contributed by atoms with E-state index in [4.69, 9.17) is 4.74 Å². The van der Waals surface area contributed by atoms with Crippen LogP contribution in [-0.4, -0.2) is 25.0 Å². The molecule has 1 amide bonds. The zero-order valence-corrected chi connectivity index (χ0v) is 16.0. The zero-order chi connectivity index (χ0) is 18.5. The molecule has 3 rings (SSSR count). The van der Waals surface area contributed by atoms with Gasteiger partial charge in [0.05, 0.1) is 18.7 Å². The summed E-state index contributed by atoms with van der Waals surface area (Å²) in [6.07, 6.45) is 4.03. The molecule has 0 bridgehead atoms. The fourth-order valence-electron chi connectivity index (χ4n) is 3.10. The van der Waals surface area contributed by atoms with E-state index in [2.05, 4.69) is 10.6 Å². The molecule has 5 nitrogen and oxygen atoms in total. The van der Waals surface area contributed by atoms with Gasteiger partial charge in [-0.25, -0.2) is 4.79 Å². The molecule has 1 aliphatic carbocycles. The number of rotatable bonds is 6. The van der Waals surface area contributed by atoms with Crippen LogP contribution in [0.4, 0.5) is 10.7 Å². The molecule has 2 aromatic rings. The highest BCUT2D eigenvalue weighted by molar-refractivity contribution is 7.17. The van der Waals surface area contributed by atoms with E-state index in [9.17, 15) is 9.59 Å². The molecule has 2 N–H and O–H groups in total. The molecular formula is C20H24N2O3S. The lowest BCUT2D eigenvalue weighted by atomic mass is 9.95. The summed E-state index contributed by atoms with van der Waals surface area (Å²) in [5.74, 6) is -0.511. The van der Waals surface area contributed by atoms with Crippen LogP contribution in [-0.2, 0) is 22.4 Å².